The van der Waals surface area contributed by atoms with Gasteiger partial charge in [-0.1, -0.05) is 17.7 Å². The molecule has 4 nitrogen and oxygen atoms in total. The molecule has 1 aromatic carbocycles. The molecule has 3 N–H and O–H groups in total. The number of aliphatic hydroxyl groups excluding tert-OH is 1. The summed E-state index contributed by atoms with van der Waals surface area (Å²) in [5.41, 5.74) is 4.10. The van der Waals surface area contributed by atoms with E-state index in [4.69, 9.17) is 0 Å². The second-order valence-electron chi connectivity index (χ2n) is 7.75. The number of nitrogens with one attached hydrogen (secondary N) is 2. The maximum absolute atomic E-state index is 13.0. The molecule has 4 heteroatoms. The van der Waals surface area contributed by atoms with Gasteiger partial charge in [-0.2, -0.15) is 0 Å². The predicted molar refractivity (Wildman–Crippen MR) is 96.2 cm³/mol. The van der Waals surface area contributed by atoms with Gasteiger partial charge in [0.1, 0.15) is 0 Å². The third-order valence-corrected chi connectivity index (χ3v) is 5.75. The van der Waals surface area contributed by atoms with Crippen LogP contribution in [0.15, 0.2) is 12.1 Å². The molecule has 1 amide bonds. The van der Waals surface area contributed by atoms with Crippen LogP contribution in [0.4, 0.5) is 0 Å². The Morgan fingerprint density at radius 3 is 2.25 bits per heavy atom. The maximum Gasteiger partial charge on any atom is 0.252 e. The fraction of sp³-hybridized carbons (Fsp3) is 0.650. The zero-order chi connectivity index (χ0) is 17.3. The lowest BCUT2D eigenvalue weighted by Gasteiger charge is -2.43. The number of carbonyl (C=O) groups excluding carboxylic acids is 1. The first kappa shape index (κ1) is 17.4. The van der Waals surface area contributed by atoms with Gasteiger partial charge in [0.2, 0.25) is 0 Å². The van der Waals surface area contributed by atoms with Gasteiger partial charge in [0.25, 0.3) is 5.91 Å². The molecule has 24 heavy (non-hydrogen) atoms. The van der Waals surface area contributed by atoms with Crippen LogP contribution in [0.5, 0.6) is 0 Å². The zero-order valence-corrected chi connectivity index (χ0v) is 15.1. The second kappa shape index (κ2) is 7.24. The third-order valence-electron chi connectivity index (χ3n) is 5.75. The van der Waals surface area contributed by atoms with Crippen molar-refractivity contribution in [2.45, 2.75) is 58.6 Å². The summed E-state index contributed by atoms with van der Waals surface area (Å²) in [6, 6.07) is 4.34. The van der Waals surface area contributed by atoms with Crippen molar-refractivity contribution in [1.82, 2.24) is 10.6 Å². The highest BCUT2D eigenvalue weighted by Crippen LogP contribution is 2.36. The molecule has 1 aromatic rings. The van der Waals surface area contributed by atoms with Gasteiger partial charge < -0.3 is 15.7 Å². The largest absolute Gasteiger partial charge is 0.393 e. The van der Waals surface area contributed by atoms with E-state index in [-0.39, 0.29) is 18.1 Å². The number of hydrogen-bond acceptors (Lipinski definition) is 3. The summed E-state index contributed by atoms with van der Waals surface area (Å²) in [5.74, 6) is 0.979. The molecule has 0 spiro atoms. The van der Waals surface area contributed by atoms with Crippen molar-refractivity contribution in [3.05, 3.63) is 34.4 Å². The SMILES string of the molecule is Cc1cc(C)c(C(=O)N[C@@H](C2CCNCC2)C2CC(O)C2)c(C)c1. The lowest BCUT2D eigenvalue weighted by atomic mass is 9.71. The minimum Gasteiger partial charge on any atom is -0.393 e. The van der Waals surface area contributed by atoms with Crippen molar-refractivity contribution in [3.63, 3.8) is 0 Å². The van der Waals surface area contributed by atoms with Crippen LogP contribution in [0.3, 0.4) is 0 Å². The van der Waals surface area contributed by atoms with Crippen LogP contribution in [-0.4, -0.2) is 36.2 Å². The number of amides is 1. The molecule has 1 aliphatic carbocycles. The van der Waals surface area contributed by atoms with Gasteiger partial charge >= 0.3 is 0 Å². The Bertz CT molecular complexity index is 579. The summed E-state index contributed by atoms with van der Waals surface area (Å²) >= 11 is 0. The smallest absolute Gasteiger partial charge is 0.252 e. The average molecular weight is 330 g/mol. The Balaban J connectivity index is 1.78. The summed E-state index contributed by atoms with van der Waals surface area (Å²) in [5, 5.41) is 16.5. The monoisotopic (exact) mass is 330 g/mol. The lowest BCUT2D eigenvalue weighted by Crippen LogP contribution is -2.53. The minimum atomic E-state index is -0.182. The molecule has 0 bridgehead atoms. The molecule has 132 valence electrons. The zero-order valence-electron chi connectivity index (χ0n) is 15.1. The Hall–Kier alpha value is -1.39. The van der Waals surface area contributed by atoms with Crippen LogP contribution in [0.25, 0.3) is 0 Å². The molecule has 0 radical (unpaired) electrons. The first-order chi connectivity index (χ1) is 11.5. The summed E-state index contributed by atoms with van der Waals surface area (Å²) in [7, 11) is 0. The number of aryl methyl sites for hydroxylation is 3. The molecule has 0 aromatic heterocycles. The van der Waals surface area contributed by atoms with Crippen molar-refractivity contribution in [3.8, 4) is 0 Å². The fourth-order valence-corrected chi connectivity index (χ4v) is 4.51. The number of hydrogen-bond donors (Lipinski definition) is 3. The molecule has 2 aliphatic rings. The molecule has 1 heterocycles. The Morgan fingerprint density at radius 1 is 1.12 bits per heavy atom. The van der Waals surface area contributed by atoms with Gasteiger partial charge in [-0.05, 0) is 82.5 Å². The molecule has 1 atom stereocenters. The van der Waals surface area contributed by atoms with E-state index in [1.807, 2.05) is 13.8 Å². The molecular weight excluding hydrogens is 300 g/mol. The van der Waals surface area contributed by atoms with Gasteiger partial charge in [0.05, 0.1) is 6.10 Å². The molecular formula is C20H30N2O2. The van der Waals surface area contributed by atoms with Crippen molar-refractivity contribution in [1.29, 1.82) is 0 Å². The van der Waals surface area contributed by atoms with Crippen LogP contribution < -0.4 is 10.6 Å². The van der Waals surface area contributed by atoms with E-state index in [1.54, 1.807) is 0 Å². The number of piperidine rings is 1. The first-order valence-corrected chi connectivity index (χ1v) is 9.23. The fourth-order valence-electron chi connectivity index (χ4n) is 4.51. The molecule has 3 rings (SSSR count). The molecule has 1 saturated heterocycles. The van der Waals surface area contributed by atoms with Gasteiger partial charge in [-0.3, -0.25) is 4.79 Å². The highest BCUT2D eigenvalue weighted by molar-refractivity contribution is 5.97. The third kappa shape index (κ3) is 3.65. The van der Waals surface area contributed by atoms with Crippen molar-refractivity contribution in [2.24, 2.45) is 11.8 Å². The van der Waals surface area contributed by atoms with Crippen LogP contribution >= 0.6 is 0 Å². The number of rotatable bonds is 4. The molecule has 1 saturated carbocycles. The Labute approximate surface area is 145 Å². The number of carbonyl (C=O) groups is 1. The van der Waals surface area contributed by atoms with Crippen molar-refractivity contribution >= 4 is 5.91 Å². The van der Waals surface area contributed by atoms with E-state index < -0.39 is 0 Å². The highest BCUT2D eigenvalue weighted by Gasteiger charge is 2.39. The molecule has 1 aliphatic heterocycles. The Morgan fingerprint density at radius 2 is 1.71 bits per heavy atom. The molecule has 2 fully saturated rings. The van der Waals surface area contributed by atoms with Crippen LogP contribution in [-0.2, 0) is 0 Å². The second-order valence-corrected chi connectivity index (χ2v) is 7.75. The van der Waals surface area contributed by atoms with Gasteiger partial charge in [-0.15, -0.1) is 0 Å². The standard InChI is InChI=1S/C20H30N2O2/c1-12-8-13(2)18(14(3)9-12)20(24)22-19(16-10-17(23)11-16)15-4-6-21-7-5-15/h8-9,15-17,19,21,23H,4-7,10-11H2,1-3H3,(H,22,24)/t16?,17?,19-/m0/s1. The predicted octanol–water partition coefficient (Wildman–Crippen LogP) is 2.48. The van der Waals surface area contributed by atoms with Crippen molar-refractivity contribution < 1.29 is 9.90 Å². The van der Waals surface area contributed by atoms with E-state index in [9.17, 15) is 9.90 Å². The van der Waals surface area contributed by atoms with E-state index >= 15 is 0 Å². The van der Waals surface area contributed by atoms with Crippen LogP contribution in [0.2, 0.25) is 0 Å². The highest BCUT2D eigenvalue weighted by atomic mass is 16.3. The maximum atomic E-state index is 13.0. The van der Waals surface area contributed by atoms with E-state index in [1.165, 1.54) is 5.56 Å². The van der Waals surface area contributed by atoms with E-state index in [0.717, 1.165) is 55.5 Å². The molecule has 0 unspecified atom stereocenters. The Kier molecular flexibility index (Phi) is 5.26. The number of aliphatic hydroxyl groups is 1. The van der Waals surface area contributed by atoms with Gasteiger partial charge in [0.15, 0.2) is 0 Å². The van der Waals surface area contributed by atoms with Gasteiger partial charge in [-0.25, -0.2) is 0 Å². The van der Waals surface area contributed by atoms with Crippen LogP contribution in [0, 0.1) is 32.6 Å². The first-order valence-electron chi connectivity index (χ1n) is 9.23. The summed E-state index contributed by atoms with van der Waals surface area (Å²) in [6.45, 7) is 8.14. The topological polar surface area (TPSA) is 61.4 Å². The average Bonchev–Trinajstić information content (AvgIpc) is 2.49. The van der Waals surface area contributed by atoms with Crippen LogP contribution in [0.1, 0.15) is 52.7 Å². The van der Waals surface area contributed by atoms with Crippen molar-refractivity contribution in [2.75, 3.05) is 13.1 Å². The summed E-state index contributed by atoms with van der Waals surface area (Å²) < 4.78 is 0. The van der Waals surface area contributed by atoms with Gasteiger partial charge in [0, 0.05) is 11.6 Å². The summed E-state index contributed by atoms with van der Waals surface area (Å²) in [4.78, 5) is 13.0. The normalized spacial score (nSPS) is 25.8. The summed E-state index contributed by atoms with van der Waals surface area (Å²) in [6.07, 6.45) is 3.66. The lowest BCUT2D eigenvalue weighted by molar-refractivity contribution is 0.00917. The van der Waals surface area contributed by atoms with E-state index in [0.29, 0.717) is 11.8 Å². The van der Waals surface area contributed by atoms with E-state index in [2.05, 4.69) is 29.7 Å². The number of benzene rings is 1. The minimum absolute atomic E-state index is 0.0509. The quantitative estimate of drug-likeness (QED) is 0.795.